The van der Waals surface area contributed by atoms with Crippen LogP contribution in [0.15, 0.2) is 0 Å². The lowest BCUT2D eigenvalue weighted by Crippen LogP contribution is -1.42. The molecule has 0 atom stereocenters. The SMILES string of the molecule is C#CC#CC#C.C#CC#CC#C.O.O.[HH].[HH].[HH].[HH].[HH].[HH].[HH].[HH].[HH]. The molecule has 0 aliphatic carbocycles. The van der Waals surface area contributed by atoms with Gasteiger partial charge in [0.05, 0.1) is 0 Å². The zero-order valence-electron chi connectivity index (χ0n) is 7.31. The molecule has 0 saturated heterocycles. The Labute approximate surface area is 98.1 Å². The van der Waals surface area contributed by atoms with Crippen LogP contribution in [0.25, 0.3) is 0 Å². The van der Waals surface area contributed by atoms with E-state index in [4.69, 9.17) is 25.7 Å². The van der Waals surface area contributed by atoms with Gasteiger partial charge in [0.1, 0.15) is 0 Å². The van der Waals surface area contributed by atoms with Gasteiger partial charge in [-0.2, -0.15) is 0 Å². The summed E-state index contributed by atoms with van der Waals surface area (Å²) in [7, 11) is 0. The van der Waals surface area contributed by atoms with Gasteiger partial charge in [0.15, 0.2) is 0 Å². The van der Waals surface area contributed by atoms with E-state index in [1.54, 1.807) is 0 Å². The monoisotopic (exact) mass is 202 g/mol. The predicted octanol–water partition coefficient (Wildman–Crippen LogP) is 1.08. The molecule has 0 radical (unpaired) electrons. The first-order valence-electron chi connectivity index (χ1n) is 2.65. The van der Waals surface area contributed by atoms with Crippen LogP contribution in [0.3, 0.4) is 0 Å². The number of terminal acetylenes is 4. The average molecular weight is 202 g/mol. The Hall–Kier alpha value is -2.72. The third-order valence-corrected chi connectivity index (χ3v) is 0.414. The lowest BCUT2D eigenvalue weighted by atomic mass is 10.6. The van der Waals surface area contributed by atoms with Gasteiger partial charge in [0, 0.05) is 12.8 Å². The Bertz CT molecular complexity index is 339. The minimum Gasteiger partial charge on any atom is -0.412 e. The van der Waals surface area contributed by atoms with E-state index in [1.165, 1.54) is 0 Å². The van der Waals surface area contributed by atoms with E-state index in [-0.39, 0.29) is 23.8 Å². The van der Waals surface area contributed by atoms with Crippen LogP contribution in [0.4, 0.5) is 0 Å². The molecule has 0 aliphatic heterocycles. The Morgan fingerprint density at radius 2 is 0.643 bits per heavy atom. The van der Waals surface area contributed by atoms with Crippen LogP contribution in [-0.2, 0) is 0 Å². The van der Waals surface area contributed by atoms with Gasteiger partial charge in [-0.15, -0.1) is 25.7 Å². The minimum absolute atomic E-state index is 0. The van der Waals surface area contributed by atoms with Gasteiger partial charge < -0.3 is 11.0 Å². The molecule has 0 rings (SSSR count). The highest BCUT2D eigenvalue weighted by molar-refractivity contribution is 5.32. The first-order chi connectivity index (χ1) is 5.83. The number of hydrogen-bond acceptors (Lipinski definition) is 0. The fourth-order valence-electron chi connectivity index (χ4n) is 0.144. The molecule has 0 aromatic heterocycles. The van der Waals surface area contributed by atoms with Gasteiger partial charge >= 0.3 is 0 Å². The summed E-state index contributed by atoms with van der Waals surface area (Å²) in [4.78, 5) is 0. The fraction of sp³-hybridized carbons (Fsp3) is 0. The first kappa shape index (κ1) is 22.5. The van der Waals surface area contributed by atoms with Gasteiger partial charge in [-0.3, -0.25) is 0 Å². The van der Waals surface area contributed by atoms with Crippen molar-refractivity contribution in [3.63, 3.8) is 0 Å². The Kier molecular flexibility index (Phi) is 51.0. The molecule has 86 valence electrons. The summed E-state index contributed by atoms with van der Waals surface area (Å²) >= 11 is 0. The maximum atomic E-state index is 4.70. The molecular weight excluding hydrogens is 176 g/mol. The zero-order valence-corrected chi connectivity index (χ0v) is 7.31. The maximum absolute atomic E-state index is 4.70. The predicted molar refractivity (Wildman–Crippen MR) is 77.1 cm³/mol. The fourth-order valence-corrected chi connectivity index (χ4v) is 0.144. The molecule has 0 spiro atoms. The van der Waals surface area contributed by atoms with Crippen molar-refractivity contribution in [1.29, 1.82) is 0 Å². The lowest BCUT2D eigenvalue weighted by Gasteiger charge is -1.43. The zero-order chi connectivity index (χ0) is 9.66. The van der Waals surface area contributed by atoms with Crippen LogP contribution in [0.5, 0.6) is 0 Å². The Morgan fingerprint density at radius 1 is 0.500 bits per heavy atom. The number of rotatable bonds is 0. The quantitative estimate of drug-likeness (QED) is 0.528. The largest absolute Gasteiger partial charge is 0.412 e. The van der Waals surface area contributed by atoms with Crippen molar-refractivity contribution >= 4 is 0 Å². The van der Waals surface area contributed by atoms with Gasteiger partial charge in [-0.05, 0) is 47.4 Å². The molecule has 2 heteroatoms. The van der Waals surface area contributed by atoms with Gasteiger partial charge in [-0.1, -0.05) is 0 Å². The molecule has 0 unspecified atom stereocenters. The van der Waals surface area contributed by atoms with Crippen molar-refractivity contribution in [2.75, 3.05) is 0 Å². The molecule has 0 aromatic rings. The molecule has 0 saturated carbocycles. The van der Waals surface area contributed by atoms with Crippen LogP contribution < -0.4 is 0 Å². The highest BCUT2D eigenvalue weighted by Gasteiger charge is 1.41. The summed E-state index contributed by atoms with van der Waals surface area (Å²) in [6, 6.07) is 0. The van der Waals surface area contributed by atoms with Crippen molar-refractivity contribution in [3.05, 3.63) is 0 Å². The molecule has 0 aromatic carbocycles. The summed E-state index contributed by atoms with van der Waals surface area (Å²) in [6.07, 6.45) is 18.8. The molecule has 0 fully saturated rings. The van der Waals surface area contributed by atoms with Crippen molar-refractivity contribution in [3.8, 4) is 73.1 Å². The second-order valence-electron chi connectivity index (χ2n) is 1.08. The third-order valence-electron chi connectivity index (χ3n) is 0.414. The van der Waals surface area contributed by atoms with E-state index >= 15 is 0 Å². The van der Waals surface area contributed by atoms with E-state index < -0.39 is 0 Å². The highest BCUT2D eigenvalue weighted by Crippen LogP contribution is 1.43. The Balaban J connectivity index is -0.00000000535. The van der Waals surface area contributed by atoms with E-state index in [9.17, 15) is 0 Å². The summed E-state index contributed by atoms with van der Waals surface area (Å²) in [6.45, 7) is 0. The van der Waals surface area contributed by atoms with Crippen molar-refractivity contribution in [1.82, 2.24) is 0 Å². The minimum atomic E-state index is 0. The molecule has 0 amide bonds. The first-order valence-corrected chi connectivity index (χ1v) is 2.65. The van der Waals surface area contributed by atoms with E-state index in [0.717, 1.165) is 0 Å². The molecule has 0 heterocycles. The van der Waals surface area contributed by atoms with Gasteiger partial charge in [-0.25, -0.2) is 0 Å². The van der Waals surface area contributed by atoms with Crippen LogP contribution >= 0.6 is 0 Å². The Morgan fingerprint density at radius 3 is 0.714 bits per heavy atom. The van der Waals surface area contributed by atoms with Crippen molar-refractivity contribution in [2.45, 2.75) is 0 Å². The van der Waals surface area contributed by atoms with E-state index in [1.807, 2.05) is 0 Å². The highest BCUT2D eigenvalue weighted by atomic mass is 16.0. The molecule has 2 nitrogen and oxygen atoms in total. The van der Waals surface area contributed by atoms with Gasteiger partial charge in [0.2, 0.25) is 0 Å². The maximum Gasteiger partial charge on any atom is 0 e. The summed E-state index contributed by atoms with van der Waals surface area (Å²) in [5, 5.41) is 0. The molecule has 0 bridgehead atoms. The second-order valence-corrected chi connectivity index (χ2v) is 1.08. The van der Waals surface area contributed by atoms with Crippen molar-refractivity contribution in [2.24, 2.45) is 0 Å². The second kappa shape index (κ2) is 31.8. The van der Waals surface area contributed by atoms with Crippen LogP contribution in [0.2, 0.25) is 0 Å². The van der Waals surface area contributed by atoms with E-state index in [0.29, 0.717) is 0 Å². The van der Waals surface area contributed by atoms with Crippen molar-refractivity contribution < 1.29 is 23.8 Å². The third kappa shape index (κ3) is 59.1. The average Bonchev–Trinajstić information content (AvgIpc) is 2.12. The van der Waals surface area contributed by atoms with Crippen LogP contribution in [0.1, 0.15) is 12.8 Å². The lowest BCUT2D eigenvalue weighted by molar-refractivity contribution is 0.823. The number of hydrogen-bond donors (Lipinski definition) is 0. The summed E-state index contributed by atoms with van der Waals surface area (Å²) < 4.78 is 0. The normalized spacial score (nSPS) is 2.57. The smallest absolute Gasteiger partial charge is 0 e. The molecule has 4 N–H and O–H groups in total. The van der Waals surface area contributed by atoms with Crippen LogP contribution in [0, 0.1) is 73.1 Å². The van der Waals surface area contributed by atoms with Gasteiger partial charge in [0.25, 0.3) is 0 Å². The summed E-state index contributed by atoms with van der Waals surface area (Å²) in [5.41, 5.74) is 0. The summed E-state index contributed by atoms with van der Waals surface area (Å²) in [5.74, 6) is 17.2. The van der Waals surface area contributed by atoms with Crippen LogP contribution in [-0.4, -0.2) is 11.0 Å². The molecule has 0 aliphatic rings. The topological polar surface area (TPSA) is 63.0 Å². The standard InChI is InChI=1S/2C6H2.2H2O.9H2/c2*1-3-5-6-4-2;;;;;;;;;;;/h2*1-2H;2*1H2;9*1H. The molecule has 14 heavy (non-hydrogen) atoms. The van der Waals surface area contributed by atoms with E-state index in [2.05, 4.69) is 47.4 Å². The molecular formula is C12H26O2.